The Hall–Kier alpha value is -1.52. The number of imidazole rings is 1. The van der Waals surface area contributed by atoms with Crippen LogP contribution in [0.15, 0.2) is 12.5 Å². The van der Waals surface area contributed by atoms with Crippen molar-refractivity contribution in [3.05, 3.63) is 18.2 Å². The summed E-state index contributed by atoms with van der Waals surface area (Å²) in [6.45, 7) is 1.85. The molecular formula is C7H12N4O. The zero-order valence-electron chi connectivity index (χ0n) is 7.11. The van der Waals surface area contributed by atoms with Crippen LogP contribution in [0, 0.1) is 0 Å². The monoisotopic (exact) mass is 168 g/mol. The minimum atomic E-state index is -0.524. The van der Waals surface area contributed by atoms with E-state index in [0.717, 1.165) is 5.69 Å². The molecule has 0 aliphatic carbocycles. The maximum Gasteiger partial charge on any atom is 0.312 e. The second kappa shape index (κ2) is 3.25. The molecule has 0 spiro atoms. The fourth-order valence-corrected chi connectivity index (χ4v) is 1.07. The minimum Gasteiger partial charge on any atom is -0.352 e. The number of primary amides is 1. The molecule has 0 radical (unpaired) electrons. The largest absolute Gasteiger partial charge is 0.352 e. The van der Waals surface area contributed by atoms with Gasteiger partial charge in [-0.3, -0.25) is 0 Å². The SMILES string of the molecule is CC(NC(N)=O)c1cncn1C. The number of rotatable bonds is 2. The first-order valence-electron chi connectivity index (χ1n) is 3.63. The van der Waals surface area contributed by atoms with Crippen molar-refractivity contribution in [2.45, 2.75) is 13.0 Å². The van der Waals surface area contributed by atoms with E-state index in [1.54, 1.807) is 12.5 Å². The Balaban J connectivity index is 2.71. The summed E-state index contributed by atoms with van der Waals surface area (Å²) in [6, 6.07) is -0.626. The van der Waals surface area contributed by atoms with Crippen molar-refractivity contribution in [2.24, 2.45) is 12.8 Å². The van der Waals surface area contributed by atoms with Gasteiger partial charge in [0.2, 0.25) is 0 Å². The van der Waals surface area contributed by atoms with Crippen molar-refractivity contribution in [3.63, 3.8) is 0 Å². The molecule has 0 aromatic carbocycles. The fraction of sp³-hybridized carbons (Fsp3) is 0.429. The number of hydrogen-bond acceptors (Lipinski definition) is 2. The van der Waals surface area contributed by atoms with Crippen molar-refractivity contribution >= 4 is 6.03 Å². The van der Waals surface area contributed by atoms with Gasteiger partial charge in [-0.25, -0.2) is 9.78 Å². The van der Waals surface area contributed by atoms with Gasteiger partial charge in [-0.15, -0.1) is 0 Å². The Morgan fingerprint density at radius 2 is 2.50 bits per heavy atom. The number of nitrogens with one attached hydrogen (secondary N) is 1. The van der Waals surface area contributed by atoms with Gasteiger partial charge < -0.3 is 15.6 Å². The predicted octanol–water partition coefficient (Wildman–Crippen LogP) is 0.149. The molecule has 1 rings (SSSR count). The molecule has 1 unspecified atom stereocenters. The summed E-state index contributed by atoms with van der Waals surface area (Å²) in [4.78, 5) is 14.4. The third-order valence-electron chi connectivity index (χ3n) is 1.66. The van der Waals surface area contributed by atoms with E-state index in [2.05, 4.69) is 10.3 Å². The van der Waals surface area contributed by atoms with Gasteiger partial charge in [0, 0.05) is 7.05 Å². The number of aryl methyl sites for hydroxylation is 1. The summed E-state index contributed by atoms with van der Waals surface area (Å²) < 4.78 is 1.83. The first-order valence-corrected chi connectivity index (χ1v) is 3.63. The van der Waals surface area contributed by atoms with Gasteiger partial charge in [-0.05, 0) is 6.92 Å². The van der Waals surface area contributed by atoms with Gasteiger partial charge in [0.25, 0.3) is 0 Å². The summed E-state index contributed by atoms with van der Waals surface area (Å²) >= 11 is 0. The minimum absolute atomic E-state index is 0.102. The molecule has 12 heavy (non-hydrogen) atoms. The van der Waals surface area contributed by atoms with Crippen molar-refractivity contribution in [2.75, 3.05) is 0 Å². The normalized spacial score (nSPS) is 12.5. The number of urea groups is 1. The fourth-order valence-electron chi connectivity index (χ4n) is 1.07. The highest BCUT2D eigenvalue weighted by atomic mass is 16.2. The van der Waals surface area contributed by atoms with Crippen LogP contribution in [-0.2, 0) is 7.05 Å². The molecule has 66 valence electrons. The quantitative estimate of drug-likeness (QED) is 0.659. The van der Waals surface area contributed by atoms with Crippen molar-refractivity contribution < 1.29 is 4.79 Å². The van der Waals surface area contributed by atoms with Gasteiger partial charge in [0.05, 0.1) is 24.3 Å². The van der Waals surface area contributed by atoms with Crippen molar-refractivity contribution in [1.29, 1.82) is 0 Å². The van der Waals surface area contributed by atoms with Crippen molar-refractivity contribution in [3.8, 4) is 0 Å². The lowest BCUT2D eigenvalue weighted by Gasteiger charge is -2.11. The van der Waals surface area contributed by atoms with E-state index in [4.69, 9.17) is 5.73 Å². The van der Waals surface area contributed by atoms with E-state index in [1.807, 2.05) is 18.5 Å². The molecule has 0 bridgehead atoms. The van der Waals surface area contributed by atoms with Crippen molar-refractivity contribution in [1.82, 2.24) is 14.9 Å². The third-order valence-corrected chi connectivity index (χ3v) is 1.66. The van der Waals surface area contributed by atoms with E-state index in [0.29, 0.717) is 0 Å². The van der Waals surface area contributed by atoms with Gasteiger partial charge in [0.15, 0.2) is 0 Å². The Morgan fingerprint density at radius 3 is 2.92 bits per heavy atom. The Bertz CT molecular complexity index is 281. The zero-order valence-corrected chi connectivity index (χ0v) is 7.11. The standard InChI is InChI=1S/C7H12N4O/c1-5(10-7(8)12)6-3-9-4-11(6)2/h3-5H,1-2H3,(H3,8,10,12). The molecule has 0 aliphatic rings. The third kappa shape index (κ3) is 1.75. The number of aromatic nitrogens is 2. The number of carbonyl (C=O) groups is 1. The number of nitrogens with zero attached hydrogens (tertiary/aromatic N) is 2. The number of amides is 2. The lowest BCUT2D eigenvalue weighted by molar-refractivity contribution is 0.246. The molecule has 5 heteroatoms. The summed E-state index contributed by atoms with van der Waals surface area (Å²) in [6.07, 6.45) is 3.37. The predicted molar refractivity (Wildman–Crippen MR) is 44.3 cm³/mol. The Kier molecular flexibility index (Phi) is 2.32. The molecule has 0 fully saturated rings. The summed E-state index contributed by atoms with van der Waals surface area (Å²) in [5.74, 6) is 0. The van der Waals surface area contributed by atoms with Gasteiger partial charge in [-0.1, -0.05) is 0 Å². The second-order valence-electron chi connectivity index (χ2n) is 2.66. The van der Waals surface area contributed by atoms with Gasteiger partial charge >= 0.3 is 6.03 Å². The molecule has 0 saturated carbocycles. The van der Waals surface area contributed by atoms with Crippen LogP contribution in [-0.4, -0.2) is 15.6 Å². The summed E-state index contributed by atoms with van der Waals surface area (Å²) in [5, 5.41) is 2.56. The molecule has 0 saturated heterocycles. The molecule has 1 heterocycles. The highest BCUT2D eigenvalue weighted by Crippen LogP contribution is 2.08. The van der Waals surface area contributed by atoms with Crippen LogP contribution in [0.2, 0.25) is 0 Å². The number of carbonyl (C=O) groups excluding carboxylic acids is 1. The molecule has 0 aliphatic heterocycles. The Morgan fingerprint density at radius 1 is 1.83 bits per heavy atom. The van der Waals surface area contributed by atoms with Crippen LogP contribution >= 0.6 is 0 Å². The molecule has 2 amide bonds. The van der Waals surface area contributed by atoms with Gasteiger partial charge in [-0.2, -0.15) is 0 Å². The van der Waals surface area contributed by atoms with Crippen LogP contribution in [0.25, 0.3) is 0 Å². The smallest absolute Gasteiger partial charge is 0.312 e. The van der Waals surface area contributed by atoms with E-state index in [-0.39, 0.29) is 6.04 Å². The highest BCUT2D eigenvalue weighted by molar-refractivity contribution is 5.72. The Labute approximate surface area is 70.6 Å². The second-order valence-corrected chi connectivity index (χ2v) is 2.66. The number of hydrogen-bond donors (Lipinski definition) is 2. The number of nitrogens with two attached hydrogens (primary N) is 1. The average Bonchev–Trinajstić information content (AvgIpc) is 2.33. The highest BCUT2D eigenvalue weighted by Gasteiger charge is 2.09. The molecule has 3 N–H and O–H groups in total. The lowest BCUT2D eigenvalue weighted by atomic mass is 10.2. The van der Waals surface area contributed by atoms with E-state index in [1.165, 1.54) is 0 Å². The maximum atomic E-state index is 10.5. The van der Waals surface area contributed by atoms with Crippen LogP contribution < -0.4 is 11.1 Å². The summed E-state index contributed by atoms with van der Waals surface area (Å²) in [5.41, 5.74) is 5.89. The van der Waals surface area contributed by atoms with Crippen LogP contribution in [0.4, 0.5) is 4.79 Å². The zero-order chi connectivity index (χ0) is 9.14. The van der Waals surface area contributed by atoms with E-state index >= 15 is 0 Å². The van der Waals surface area contributed by atoms with E-state index < -0.39 is 6.03 Å². The molecule has 1 atom stereocenters. The van der Waals surface area contributed by atoms with Crippen LogP contribution in [0.5, 0.6) is 0 Å². The molecule has 5 nitrogen and oxygen atoms in total. The van der Waals surface area contributed by atoms with E-state index in [9.17, 15) is 4.79 Å². The first-order chi connectivity index (χ1) is 5.61. The van der Waals surface area contributed by atoms with Crippen LogP contribution in [0.1, 0.15) is 18.7 Å². The van der Waals surface area contributed by atoms with Gasteiger partial charge in [0.1, 0.15) is 0 Å². The average molecular weight is 168 g/mol. The maximum absolute atomic E-state index is 10.5. The molecular weight excluding hydrogens is 156 g/mol. The molecule has 1 aromatic rings. The first kappa shape index (κ1) is 8.58. The summed E-state index contributed by atoms with van der Waals surface area (Å²) in [7, 11) is 1.86. The van der Waals surface area contributed by atoms with Crippen LogP contribution in [0.3, 0.4) is 0 Å². The topological polar surface area (TPSA) is 72.9 Å². The lowest BCUT2D eigenvalue weighted by Crippen LogP contribution is -2.32. The molecule has 1 aromatic heterocycles.